The quantitative estimate of drug-likeness (QED) is 0.430. The molecule has 1 fully saturated rings. The number of Topliss-reactive ketones (excluding diaryl/α,β-unsaturated/α-hetero) is 1. The molecule has 2 aliphatic rings. The van der Waals surface area contributed by atoms with Crippen LogP contribution in [0.3, 0.4) is 0 Å². The fourth-order valence-electron chi connectivity index (χ4n) is 4.87. The van der Waals surface area contributed by atoms with Crippen molar-refractivity contribution in [2.45, 2.75) is 37.8 Å². The van der Waals surface area contributed by atoms with Crippen LogP contribution in [0.15, 0.2) is 58.2 Å². The first-order chi connectivity index (χ1) is 15.9. The molecule has 3 aromatic rings. The van der Waals surface area contributed by atoms with Crippen molar-refractivity contribution < 1.29 is 23.8 Å². The van der Waals surface area contributed by atoms with Crippen LogP contribution in [0.25, 0.3) is 11.0 Å². The Bertz CT molecular complexity index is 1290. The molecule has 8 heteroatoms. The topological polar surface area (TPSA) is 80.0 Å². The molecule has 0 saturated heterocycles. The minimum atomic E-state index is -0.732. The second-order valence-electron chi connectivity index (χ2n) is 8.33. The first-order valence-electron chi connectivity index (χ1n) is 10.7. The van der Waals surface area contributed by atoms with Crippen molar-refractivity contribution >= 4 is 45.9 Å². The zero-order valence-corrected chi connectivity index (χ0v) is 19.3. The Morgan fingerprint density at radius 2 is 1.79 bits per heavy atom. The van der Waals surface area contributed by atoms with Gasteiger partial charge in [-0.05, 0) is 42.7 Å². The highest BCUT2D eigenvalue weighted by molar-refractivity contribution is 6.31. The Labute approximate surface area is 200 Å². The van der Waals surface area contributed by atoms with Gasteiger partial charge >= 0.3 is 0 Å². The van der Waals surface area contributed by atoms with Crippen molar-refractivity contribution in [1.29, 1.82) is 0 Å². The van der Waals surface area contributed by atoms with E-state index in [9.17, 15) is 14.7 Å². The summed E-state index contributed by atoms with van der Waals surface area (Å²) in [4.78, 5) is 28.5. The minimum absolute atomic E-state index is 0.00153. The molecular formula is C25H21Cl2NO5. The maximum absolute atomic E-state index is 13.7. The van der Waals surface area contributed by atoms with Gasteiger partial charge in [0.05, 0.1) is 18.7 Å². The number of ether oxygens (including phenoxy) is 1. The maximum atomic E-state index is 13.7. The number of carbonyl (C=O) groups excluding carboxylic acids is 2. The maximum Gasteiger partial charge on any atom is 0.290 e. The van der Waals surface area contributed by atoms with E-state index < -0.39 is 23.5 Å². The Morgan fingerprint density at radius 3 is 2.45 bits per heavy atom. The van der Waals surface area contributed by atoms with Crippen LogP contribution in [0.5, 0.6) is 5.75 Å². The summed E-state index contributed by atoms with van der Waals surface area (Å²) in [6, 6.07) is 11.0. The molecule has 1 amide bonds. The molecule has 1 atom stereocenters. The summed E-state index contributed by atoms with van der Waals surface area (Å²) < 4.78 is 11.2. The van der Waals surface area contributed by atoms with Crippen molar-refractivity contribution in [3.8, 4) is 5.75 Å². The van der Waals surface area contributed by atoms with Gasteiger partial charge in [0.1, 0.15) is 0 Å². The van der Waals surface area contributed by atoms with Gasteiger partial charge in [0.2, 0.25) is 5.78 Å². The number of nitrogens with zero attached hydrogens (tertiary/aromatic N) is 1. The molecular weight excluding hydrogens is 465 g/mol. The van der Waals surface area contributed by atoms with E-state index in [4.69, 9.17) is 32.4 Å². The summed E-state index contributed by atoms with van der Waals surface area (Å²) in [6.45, 7) is 0. The summed E-state index contributed by atoms with van der Waals surface area (Å²) >= 11 is 12.2. The molecule has 2 heterocycles. The Morgan fingerprint density at radius 1 is 1.09 bits per heavy atom. The standard InChI is InChI=1S/C25H21Cl2NO5/c1-32-19-12-16(27)10-14-11-18(33-24(14)19)22(29)20-21(13-6-8-15(26)9-7-13)28(25(31)23(20)30)17-4-2-3-5-17/h6-12,17,21,30H,2-5H2,1H3. The van der Waals surface area contributed by atoms with Crippen LogP contribution in [0.4, 0.5) is 0 Å². The lowest BCUT2D eigenvalue weighted by Crippen LogP contribution is -2.38. The van der Waals surface area contributed by atoms with Crippen LogP contribution in [0, 0.1) is 0 Å². The number of benzene rings is 2. The number of hydrogen-bond acceptors (Lipinski definition) is 5. The highest BCUT2D eigenvalue weighted by Crippen LogP contribution is 2.44. The van der Waals surface area contributed by atoms with Gasteiger partial charge in [-0.2, -0.15) is 0 Å². The lowest BCUT2D eigenvalue weighted by atomic mass is 9.94. The third-order valence-electron chi connectivity index (χ3n) is 6.38. The van der Waals surface area contributed by atoms with Crippen LogP contribution >= 0.6 is 23.2 Å². The molecule has 1 aromatic heterocycles. The van der Waals surface area contributed by atoms with Gasteiger partial charge in [-0.15, -0.1) is 0 Å². The van der Waals surface area contributed by atoms with Crippen LogP contribution in [-0.2, 0) is 4.79 Å². The molecule has 0 spiro atoms. The normalized spacial score (nSPS) is 19.2. The van der Waals surface area contributed by atoms with Crippen molar-refractivity contribution in [3.05, 3.63) is 75.2 Å². The molecule has 33 heavy (non-hydrogen) atoms. The second-order valence-corrected chi connectivity index (χ2v) is 9.21. The van der Waals surface area contributed by atoms with Crippen LogP contribution in [0.2, 0.25) is 10.0 Å². The molecule has 1 aliphatic heterocycles. The van der Waals surface area contributed by atoms with E-state index in [1.54, 1.807) is 47.4 Å². The van der Waals surface area contributed by atoms with Crippen LogP contribution < -0.4 is 4.74 Å². The average Bonchev–Trinajstić information content (AvgIpc) is 3.52. The van der Waals surface area contributed by atoms with Crippen molar-refractivity contribution in [1.82, 2.24) is 4.90 Å². The van der Waals surface area contributed by atoms with E-state index in [2.05, 4.69) is 0 Å². The highest BCUT2D eigenvalue weighted by Gasteiger charge is 2.47. The number of furan rings is 1. The predicted octanol–water partition coefficient (Wildman–Crippen LogP) is 6.27. The zero-order valence-electron chi connectivity index (χ0n) is 17.8. The van der Waals surface area contributed by atoms with Gasteiger partial charge in [-0.3, -0.25) is 9.59 Å². The van der Waals surface area contributed by atoms with E-state index >= 15 is 0 Å². The Balaban J connectivity index is 1.62. The third kappa shape index (κ3) is 3.67. The van der Waals surface area contributed by atoms with E-state index in [0.717, 1.165) is 25.7 Å². The number of hydrogen-bond donors (Lipinski definition) is 1. The summed E-state index contributed by atoms with van der Waals surface area (Å²) in [7, 11) is 1.48. The Kier molecular flexibility index (Phi) is 5.59. The fraction of sp³-hybridized carbons (Fsp3) is 0.280. The first-order valence-corrected chi connectivity index (χ1v) is 11.5. The number of ketones is 1. The average molecular weight is 486 g/mol. The number of rotatable bonds is 5. The van der Waals surface area contributed by atoms with Crippen LogP contribution in [-0.4, -0.2) is 34.8 Å². The number of fused-ring (bicyclic) bond motifs is 1. The molecule has 1 N–H and O–H groups in total. The largest absolute Gasteiger partial charge is 0.503 e. The third-order valence-corrected chi connectivity index (χ3v) is 6.85. The van der Waals surface area contributed by atoms with Crippen molar-refractivity contribution in [2.75, 3.05) is 7.11 Å². The summed E-state index contributed by atoms with van der Waals surface area (Å²) in [5.41, 5.74) is 1.06. The lowest BCUT2D eigenvalue weighted by Gasteiger charge is -2.32. The molecule has 2 aromatic carbocycles. The number of methoxy groups -OCH3 is 1. The van der Waals surface area contributed by atoms with Crippen LogP contribution in [0.1, 0.15) is 47.8 Å². The van der Waals surface area contributed by atoms with Crippen molar-refractivity contribution in [2.24, 2.45) is 0 Å². The number of aliphatic hydroxyl groups is 1. The summed E-state index contributed by atoms with van der Waals surface area (Å²) in [5, 5.41) is 12.4. The van der Waals surface area contributed by atoms with E-state index in [0.29, 0.717) is 32.3 Å². The van der Waals surface area contributed by atoms with Gasteiger partial charge in [0.25, 0.3) is 5.91 Å². The number of amides is 1. The van der Waals surface area contributed by atoms with Gasteiger partial charge in [-0.1, -0.05) is 48.2 Å². The first kappa shape index (κ1) is 21.9. The predicted molar refractivity (Wildman–Crippen MR) is 125 cm³/mol. The molecule has 1 aliphatic carbocycles. The fourth-order valence-corrected chi connectivity index (χ4v) is 5.21. The smallest absolute Gasteiger partial charge is 0.290 e. The minimum Gasteiger partial charge on any atom is -0.503 e. The summed E-state index contributed by atoms with van der Waals surface area (Å²) in [5.74, 6) is -1.26. The number of carbonyl (C=O) groups is 2. The van der Waals surface area contributed by atoms with Gasteiger partial charge in [0.15, 0.2) is 22.9 Å². The van der Waals surface area contributed by atoms with Crippen molar-refractivity contribution in [3.63, 3.8) is 0 Å². The zero-order chi connectivity index (χ0) is 23.3. The van der Waals surface area contributed by atoms with E-state index in [1.807, 2.05) is 0 Å². The number of aliphatic hydroxyl groups excluding tert-OH is 1. The lowest BCUT2D eigenvalue weighted by molar-refractivity contribution is -0.131. The molecule has 0 bridgehead atoms. The monoisotopic (exact) mass is 485 g/mol. The SMILES string of the molecule is COc1cc(Cl)cc2cc(C(=O)C3=C(O)C(=O)N(C4CCCC4)C3c3ccc(Cl)cc3)oc12. The Hall–Kier alpha value is -2.96. The number of halogens is 2. The second kappa shape index (κ2) is 8.43. The van der Waals surface area contributed by atoms with Gasteiger partial charge in [-0.25, -0.2) is 0 Å². The van der Waals surface area contributed by atoms with E-state index in [1.165, 1.54) is 7.11 Å². The van der Waals surface area contributed by atoms with Gasteiger partial charge in [0, 0.05) is 27.5 Å². The molecule has 1 unspecified atom stereocenters. The molecule has 1 saturated carbocycles. The molecule has 6 nitrogen and oxygen atoms in total. The van der Waals surface area contributed by atoms with E-state index in [-0.39, 0.29) is 17.4 Å². The van der Waals surface area contributed by atoms with Gasteiger partial charge < -0.3 is 19.2 Å². The molecule has 170 valence electrons. The highest BCUT2D eigenvalue weighted by atomic mass is 35.5. The molecule has 0 radical (unpaired) electrons. The molecule has 5 rings (SSSR count). The summed E-state index contributed by atoms with van der Waals surface area (Å²) in [6.07, 6.45) is 3.64.